The topological polar surface area (TPSA) is 41.6 Å². The molecule has 1 atom stereocenters. The van der Waals surface area contributed by atoms with E-state index in [1.54, 1.807) is 26.0 Å². The maximum Gasteiger partial charge on any atom is 0.387 e. The average Bonchev–Trinajstić information content (AvgIpc) is 2.49. The van der Waals surface area contributed by atoms with Gasteiger partial charge < -0.3 is 15.0 Å². The van der Waals surface area contributed by atoms with Gasteiger partial charge in [-0.15, -0.1) is 0 Å². The Morgan fingerprint density at radius 2 is 2.00 bits per heavy atom. The number of aryl methyl sites for hydroxylation is 2. The summed E-state index contributed by atoms with van der Waals surface area (Å²) in [6.45, 7) is 1.88. The van der Waals surface area contributed by atoms with Gasteiger partial charge in [0.25, 0.3) is 5.91 Å². The molecule has 0 aliphatic carbocycles. The summed E-state index contributed by atoms with van der Waals surface area (Å²) in [6.07, 6.45) is 2.02. The Labute approximate surface area is 129 Å². The van der Waals surface area contributed by atoms with Crippen LogP contribution in [0.2, 0.25) is 0 Å². The zero-order valence-electron chi connectivity index (χ0n) is 13.2. The number of likely N-dealkylation sites (N-methyl/N-ethyl adjacent to an activating group) is 1. The number of alkyl halides is 2. The van der Waals surface area contributed by atoms with Gasteiger partial charge in [-0.05, 0) is 57.0 Å². The quantitative estimate of drug-likeness (QED) is 0.929. The lowest BCUT2D eigenvalue weighted by atomic mass is 10.0. The molecule has 1 aromatic carbocycles. The summed E-state index contributed by atoms with van der Waals surface area (Å²) in [5.74, 6) is 0.0908. The minimum atomic E-state index is -2.86. The number of hydrogen-bond donors (Lipinski definition) is 1. The zero-order valence-corrected chi connectivity index (χ0v) is 13.2. The van der Waals surface area contributed by atoms with E-state index >= 15 is 0 Å². The molecular formula is C16H22F2N2O2. The molecule has 22 heavy (non-hydrogen) atoms. The molecule has 1 aliphatic heterocycles. The Morgan fingerprint density at radius 3 is 2.55 bits per heavy atom. The number of benzene rings is 1. The molecule has 122 valence electrons. The van der Waals surface area contributed by atoms with Crippen LogP contribution < -0.4 is 10.1 Å². The molecule has 1 N–H and O–H groups in total. The Balaban J connectivity index is 2.20. The van der Waals surface area contributed by atoms with Crippen LogP contribution in [0.15, 0.2) is 12.1 Å². The van der Waals surface area contributed by atoms with Crippen LogP contribution in [0.1, 0.15) is 34.3 Å². The number of halogens is 2. The van der Waals surface area contributed by atoms with Gasteiger partial charge in [-0.25, -0.2) is 0 Å². The first-order valence-electron chi connectivity index (χ1n) is 7.45. The van der Waals surface area contributed by atoms with E-state index in [1.165, 1.54) is 0 Å². The highest BCUT2D eigenvalue weighted by atomic mass is 19.3. The number of amides is 1. The predicted octanol–water partition coefficient (Wildman–Crippen LogP) is 2.73. The van der Waals surface area contributed by atoms with Crippen LogP contribution in [0, 0.1) is 13.8 Å². The van der Waals surface area contributed by atoms with Crippen LogP contribution >= 0.6 is 0 Å². The van der Waals surface area contributed by atoms with Crippen molar-refractivity contribution in [3.8, 4) is 5.75 Å². The summed E-state index contributed by atoms with van der Waals surface area (Å²) < 4.78 is 29.3. The maximum atomic E-state index is 12.6. The van der Waals surface area contributed by atoms with E-state index in [9.17, 15) is 13.6 Å². The first-order valence-corrected chi connectivity index (χ1v) is 7.45. The van der Waals surface area contributed by atoms with Crippen LogP contribution in [0.3, 0.4) is 0 Å². The van der Waals surface area contributed by atoms with Crippen LogP contribution in [0.25, 0.3) is 0 Å². The molecule has 0 saturated carbocycles. The van der Waals surface area contributed by atoms with E-state index in [-0.39, 0.29) is 11.7 Å². The predicted molar refractivity (Wildman–Crippen MR) is 80.5 cm³/mol. The smallest absolute Gasteiger partial charge is 0.387 e. The number of carbonyl (C=O) groups excluding carboxylic acids is 1. The third kappa shape index (κ3) is 3.74. The van der Waals surface area contributed by atoms with Crippen molar-refractivity contribution < 1.29 is 18.3 Å². The largest absolute Gasteiger partial charge is 0.434 e. The molecule has 1 unspecified atom stereocenters. The van der Waals surface area contributed by atoms with Crippen molar-refractivity contribution in [2.45, 2.75) is 39.3 Å². The highest BCUT2D eigenvalue weighted by molar-refractivity contribution is 5.95. The van der Waals surface area contributed by atoms with Gasteiger partial charge in [0.15, 0.2) is 0 Å². The third-order valence-corrected chi connectivity index (χ3v) is 4.03. The Bertz CT molecular complexity index is 526. The summed E-state index contributed by atoms with van der Waals surface area (Å²) in [4.78, 5) is 14.4. The third-order valence-electron chi connectivity index (χ3n) is 4.03. The van der Waals surface area contributed by atoms with E-state index < -0.39 is 6.61 Å². The van der Waals surface area contributed by atoms with Crippen molar-refractivity contribution in [1.29, 1.82) is 0 Å². The number of ether oxygens (including phenoxy) is 1. The summed E-state index contributed by atoms with van der Waals surface area (Å²) in [7, 11) is 1.89. The highest BCUT2D eigenvalue weighted by Gasteiger charge is 2.24. The Kier molecular flexibility index (Phi) is 5.34. The van der Waals surface area contributed by atoms with Crippen molar-refractivity contribution in [2.24, 2.45) is 0 Å². The summed E-state index contributed by atoms with van der Waals surface area (Å²) >= 11 is 0. The van der Waals surface area contributed by atoms with Crippen LogP contribution in [0.4, 0.5) is 8.78 Å². The molecule has 0 aromatic heterocycles. The summed E-state index contributed by atoms with van der Waals surface area (Å²) in [5.41, 5.74) is 1.62. The van der Waals surface area contributed by atoms with Gasteiger partial charge in [0.1, 0.15) is 5.75 Å². The van der Waals surface area contributed by atoms with Gasteiger partial charge in [0, 0.05) is 24.7 Å². The molecule has 0 spiro atoms. The maximum absolute atomic E-state index is 12.6. The van der Waals surface area contributed by atoms with Crippen molar-refractivity contribution in [1.82, 2.24) is 10.2 Å². The van der Waals surface area contributed by atoms with Gasteiger partial charge in [-0.3, -0.25) is 4.79 Å². The lowest BCUT2D eigenvalue weighted by Gasteiger charge is -2.32. The molecule has 0 bridgehead atoms. The van der Waals surface area contributed by atoms with Crippen LogP contribution in [0.5, 0.6) is 5.75 Å². The Hall–Kier alpha value is -1.69. The first kappa shape index (κ1) is 16.7. The normalized spacial score (nSPS) is 18.6. The second-order valence-corrected chi connectivity index (χ2v) is 5.70. The van der Waals surface area contributed by atoms with E-state index in [0.29, 0.717) is 29.3 Å². The molecule has 6 heteroatoms. The molecule has 0 radical (unpaired) electrons. The van der Waals surface area contributed by atoms with Gasteiger partial charge in [-0.2, -0.15) is 8.78 Å². The number of nitrogens with one attached hydrogen (secondary N) is 1. The van der Waals surface area contributed by atoms with Crippen LogP contribution in [-0.2, 0) is 0 Å². The molecule has 1 amide bonds. The molecule has 2 rings (SSSR count). The number of likely N-dealkylation sites (tertiary alicyclic amines) is 1. The number of rotatable bonds is 4. The number of nitrogens with zero attached hydrogens (tertiary/aromatic N) is 1. The number of carbonyl (C=O) groups is 1. The lowest BCUT2D eigenvalue weighted by molar-refractivity contribution is -0.0507. The summed E-state index contributed by atoms with van der Waals surface area (Å²) in [6, 6.07) is 3.55. The number of hydrogen-bond acceptors (Lipinski definition) is 3. The fourth-order valence-corrected chi connectivity index (χ4v) is 2.93. The van der Waals surface area contributed by atoms with Crippen molar-refractivity contribution in [2.75, 3.05) is 20.1 Å². The standard InChI is InChI=1S/C16H22F2N2O2/c1-10-7-12(8-11(2)14(10)22-16(17)18)15(21)20-6-4-5-13(9-20)19-3/h7-8,13,16,19H,4-6,9H2,1-3H3. The SMILES string of the molecule is CNC1CCCN(C(=O)c2cc(C)c(OC(F)F)c(C)c2)C1. The Morgan fingerprint density at radius 1 is 1.36 bits per heavy atom. The second kappa shape index (κ2) is 7.05. The lowest BCUT2D eigenvalue weighted by Crippen LogP contribution is -2.47. The molecule has 1 saturated heterocycles. The first-order chi connectivity index (χ1) is 10.4. The monoisotopic (exact) mass is 312 g/mol. The fraction of sp³-hybridized carbons (Fsp3) is 0.562. The molecule has 1 aromatic rings. The number of piperidine rings is 1. The minimum absolute atomic E-state index is 0.0604. The van der Waals surface area contributed by atoms with E-state index in [1.807, 2.05) is 11.9 Å². The molecule has 1 heterocycles. The van der Waals surface area contributed by atoms with E-state index in [0.717, 1.165) is 19.4 Å². The van der Waals surface area contributed by atoms with Crippen LogP contribution in [-0.4, -0.2) is 43.6 Å². The van der Waals surface area contributed by atoms with Gasteiger partial charge in [0.2, 0.25) is 0 Å². The van der Waals surface area contributed by atoms with Gasteiger partial charge in [0.05, 0.1) is 0 Å². The van der Waals surface area contributed by atoms with Gasteiger partial charge in [-0.1, -0.05) is 0 Å². The van der Waals surface area contributed by atoms with Gasteiger partial charge >= 0.3 is 6.61 Å². The summed E-state index contributed by atoms with van der Waals surface area (Å²) in [5, 5.41) is 3.20. The van der Waals surface area contributed by atoms with Crippen molar-refractivity contribution in [3.05, 3.63) is 28.8 Å². The van der Waals surface area contributed by atoms with Crippen molar-refractivity contribution >= 4 is 5.91 Å². The van der Waals surface area contributed by atoms with E-state index in [2.05, 4.69) is 10.1 Å². The molecule has 1 aliphatic rings. The molecule has 4 nitrogen and oxygen atoms in total. The fourth-order valence-electron chi connectivity index (χ4n) is 2.93. The van der Waals surface area contributed by atoms with E-state index in [4.69, 9.17) is 0 Å². The minimum Gasteiger partial charge on any atom is -0.434 e. The zero-order chi connectivity index (χ0) is 16.3. The second-order valence-electron chi connectivity index (χ2n) is 5.70. The molecule has 1 fully saturated rings. The average molecular weight is 312 g/mol. The molecular weight excluding hydrogens is 290 g/mol. The highest BCUT2D eigenvalue weighted by Crippen LogP contribution is 2.27. The van der Waals surface area contributed by atoms with Crippen molar-refractivity contribution in [3.63, 3.8) is 0 Å².